The van der Waals surface area contributed by atoms with Gasteiger partial charge in [0, 0.05) is 21.7 Å². The second-order valence-electron chi connectivity index (χ2n) is 4.60. The largest absolute Gasteiger partial charge is 0.480 e. The molecule has 0 spiro atoms. The van der Waals surface area contributed by atoms with Crippen LogP contribution in [0.15, 0.2) is 12.1 Å². The van der Waals surface area contributed by atoms with Gasteiger partial charge in [0.05, 0.1) is 13.5 Å². The molecule has 1 aliphatic rings. The summed E-state index contributed by atoms with van der Waals surface area (Å²) >= 11 is 12.1. The summed E-state index contributed by atoms with van der Waals surface area (Å²) in [5.74, 6) is -1.70. The number of anilines is 1. The van der Waals surface area contributed by atoms with E-state index in [2.05, 4.69) is 10.1 Å². The number of esters is 1. The molecule has 0 amide bonds. The fourth-order valence-corrected chi connectivity index (χ4v) is 3.05. The van der Waals surface area contributed by atoms with Crippen molar-refractivity contribution in [1.82, 2.24) is 0 Å². The van der Waals surface area contributed by atoms with Crippen molar-refractivity contribution < 1.29 is 19.4 Å². The van der Waals surface area contributed by atoms with E-state index in [-0.39, 0.29) is 18.8 Å². The SMILES string of the molecule is COC(=O)CC1CC(C(=O)O)Nc2cc(Cl)cc(Cl)c21. The molecule has 5 nitrogen and oxygen atoms in total. The Labute approximate surface area is 125 Å². The number of hydrogen-bond acceptors (Lipinski definition) is 4. The molecule has 0 aromatic heterocycles. The zero-order valence-electron chi connectivity index (χ0n) is 10.7. The first-order valence-corrected chi connectivity index (χ1v) is 6.73. The summed E-state index contributed by atoms with van der Waals surface area (Å²) < 4.78 is 4.65. The summed E-state index contributed by atoms with van der Waals surface area (Å²) in [5.41, 5.74) is 1.26. The number of carboxylic acid groups (broad SMARTS) is 1. The highest BCUT2D eigenvalue weighted by atomic mass is 35.5. The van der Waals surface area contributed by atoms with E-state index in [1.165, 1.54) is 7.11 Å². The van der Waals surface area contributed by atoms with Crippen molar-refractivity contribution in [3.63, 3.8) is 0 Å². The highest BCUT2D eigenvalue weighted by Gasteiger charge is 2.33. The van der Waals surface area contributed by atoms with E-state index < -0.39 is 18.0 Å². The number of aliphatic carboxylic acids is 1. The number of ether oxygens (including phenoxy) is 1. The summed E-state index contributed by atoms with van der Waals surface area (Å²) in [7, 11) is 1.29. The average molecular weight is 318 g/mol. The Hall–Kier alpha value is -1.46. The number of hydrogen-bond donors (Lipinski definition) is 2. The van der Waals surface area contributed by atoms with Crippen molar-refractivity contribution in [2.45, 2.75) is 24.8 Å². The average Bonchev–Trinajstić information content (AvgIpc) is 2.37. The Balaban J connectivity index is 2.42. The van der Waals surface area contributed by atoms with Crippen molar-refractivity contribution in [2.24, 2.45) is 0 Å². The molecule has 1 aromatic carbocycles. The number of carbonyl (C=O) groups excluding carboxylic acids is 1. The molecule has 2 unspecified atom stereocenters. The fraction of sp³-hybridized carbons (Fsp3) is 0.385. The van der Waals surface area contributed by atoms with E-state index in [9.17, 15) is 9.59 Å². The monoisotopic (exact) mass is 317 g/mol. The standard InChI is InChI=1S/C13H13Cl2NO4/c1-20-11(17)3-6-2-10(13(18)19)16-9-5-7(14)4-8(15)12(6)9/h4-6,10,16H,2-3H2,1H3,(H,18,19). The summed E-state index contributed by atoms with van der Waals surface area (Å²) in [6.07, 6.45) is 0.342. The third kappa shape index (κ3) is 2.99. The minimum absolute atomic E-state index is 0.0797. The molecule has 1 aromatic rings. The predicted molar refractivity (Wildman–Crippen MR) is 75.5 cm³/mol. The number of nitrogens with one attached hydrogen (secondary N) is 1. The molecule has 0 fully saturated rings. The first-order valence-electron chi connectivity index (χ1n) is 5.97. The lowest BCUT2D eigenvalue weighted by atomic mass is 9.84. The minimum atomic E-state index is -0.985. The Morgan fingerprint density at radius 1 is 1.45 bits per heavy atom. The minimum Gasteiger partial charge on any atom is -0.480 e. The van der Waals surface area contributed by atoms with Crippen LogP contribution in [0, 0.1) is 0 Å². The Kier molecular flexibility index (Phi) is 4.40. The topological polar surface area (TPSA) is 75.6 Å². The zero-order valence-corrected chi connectivity index (χ0v) is 12.2. The number of methoxy groups -OCH3 is 1. The summed E-state index contributed by atoms with van der Waals surface area (Å²) in [6.45, 7) is 0. The van der Waals surface area contributed by atoms with E-state index in [1.54, 1.807) is 12.1 Å². The van der Waals surface area contributed by atoms with E-state index in [0.29, 0.717) is 21.3 Å². The quantitative estimate of drug-likeness (QED) is 0.838. The molecule has 2 N–H and O–H groups in total. The van der Waals surface area contributed by atoms with Gasteiger partial charge < -0.3 is 15.2 Å². The summed E-state index contributed by atoms with van der Waals surface area (Å²) in [6, 6.07) is 2.41. The van der Waals surface area contributed by atoms with Gasteiger partial charge in [-0.05, 0) is 24.1 Å². The van der Waals surface area contributed by atoms with Crippen LogP contribution in [0.4, 0.5) is 5.69 Å². The van der Waals surface area contributed by atoms with Crippen molar-refractivity contribution in [2.75, 3.05) is 12.4 Å². The van der Waals surface area contributed by atoms with E-state index in [0.717, 1.165) is 0 Å². The Morgan fingerprint density at radius 3 is 2.75 bits per heavy atom. The maximum atomic E-state index is 11.5. The molecule has 2 atom stereocenters. The van der Waals surface area contributed by atoms with Crippen LogP contribution in [0.25, 0.3) is 0 Å². The van der Waals surface area contributed by atoms with Crippen molar-refractivity contribution >= 4 is 40.8 Å². The maximum absolute atomic E-state index is 11.5. The van der Waals surface area contributed by atoms with E-state index in [1.807, 2.05) is 0 Å². The van der Waals surface area contributed by atoms with Crippen LogP contribution < -0.4 is 5.32 Å². The molecule has 7 heteroatoms. The van der Waals surface area contributed by atoms with Gasteiger partial charge in [0.15, 0.2) is 0 Å². The molecule has 0 aliphatic carbocycles. The third-order valence-electron chi connectivity index (χ3n) is 3.29. The molecule has 2 rings (SSSR count). The molecule has 20 heavy (non-hydrogen) atoms. The maximum Gasteiger partial charge on any atom is 0.326 e. The molecular weight excluding hydrogens is 305 g/mol. The molecule has 0 bridgehead atoms. The lowest BCUT2D eigenvalue weighted by Gasteiger charge is -2.31. The smallest absolute Gasteiger partial charge is 0.326 e. The molecule has 108 valence electrons. The first-order chi connectivity index (χ1) is 9.42. The number of halogens is 2. The van der Waals surface area contributed by atoms with Gasteiger partial charge in [-0.1, -0.05) is 23.2 Å². The van der Waals surface area contributed by atoms with Crippen LogP contribution in [0.5, 0.6) is 0 Å². The van der Waals surface area contributed by atoms with Crippen LogP contribution in [-0.4, -0.2) is 30.2 Å². The lowest BCUT2D eigenvalue weighted by molar-refractivity contribution is -0.142. The fourth-order valence-electron chi connectivity index (χ4n) is 2.40. The van der Waals surface area contributed by atoms with E-state index in [4.69, 9.17) is 28.3 Å². The molecule has 0 radical (unpaired) electrons. The Morgan fingerprint density at radius 2 is 2.15 bits per heavy atom. The molecular formula is C13H13Cl2NO4. The highest BCUT2D eigenvalue weighted by Crippen LogP contribution is 2.42. The van der Waals surface area contributed by atoms with Gasteiger partial charge in [-0.2, -0.15) is 0 Å². The number of carbonyl (C=O) groups is 2. The van der Waals surface area contributed by atoms with Gasteiger partial charge in [-0.15, -0.1) is 0 Å². The molecule has 0 saturated carbocycles. The van der Waals surface area contributed by atoms with Gasteiger partial charge in [-0.25, -0.2) is 4.79 Å². The van der Waals surface area contributed by atoms with E-state index >= 15 is 0 Å². The predicted octanol–water partition coefficient (Wildman–Crippen LogP) is 2.91. The number of benzene rings is 1. The van der Waals surface area contributed by atoms with Crippen molar-refractivity contribution in [3.8, 4) is 0 Å². The van der Waals surface area contributed by atoms with Gasteiger partial charge in [0.25, 0.3) is 0 Å². The van der Waals surface area contributed by atoms with Gasteiger partial charge in [0.2, 0.25) is 0 Å². The molecule has 1 heterocycles. The van der Waals surface area contributed by atoms with Crippen molar-refractivity contribution in [3.05, 3.63) is 27.7 Å². The Bertz CT molecular complexity index is 562. The normalized spacial score (nSPS) is 20.8. The number of rotatable bonds is 3. The first kappa shape index (κ1) is 14.9. The highest BCUT2D eigenvalue weighted by molar-refractivity contribution is 6.35. The van der Waals surface area contributed by atoms with Crippen LogP contribution >= 0.6 is 23.2 Å². The van der Waals surface area contributed by atoms with Crippen LogP contribution in [0.2, 0.25) is 10.0 Å². The molecule has 1 aliphatic heterocycles. The second kappa shape index (κ2) is 5.89. The molecule has 0 saturated heterocycles. The number of carboxylic acids is 1. The lowest BCUT2D eigenvalue weighted by Crippen LogP contribution is -2.35. The van der Waals surface area contributed by atoms with Crippen LogP contribution in [0.3, 0.4) is 0 Å². The van der Waals surface area contributed by atoms with Gasteiger partial charge in [0.1, 0.15) is 6.04 Å². The number of fused-ring (bicyclic) bond motifs is 1. The summed E-state index contributed by atoms with van der Waals surface area (Å²) in [5, 5.41) is 12.9. The second-order valence-corrected chi connectivity index (χ2v) is 5.44. The zero-order chi connectivity index (χ0) is 14.9. The van der Waals surface area contributed by atoms with Gasteiger partial charge in [-0.3, -0.25) is 4.79 Å². The third-order valence-corrected chi connectivity index (χ3v) is 3.82. The van der Waals surface area contributed by atoms with Crippen LogP contribution in [0.1, 0.15) is 24.3 Å². The van der Waals surface area contributed by atoms with Crippen molar-refractivity contribution in [1.29, 1.82) is 0 Å². The van der Waals surface area contributed by atoms with Gasteiger partial charge >= 0.3 is 11.9 Å². The van der Waals surface area contributed by atoms with Crippen LogP contribution in [-0.2, 0) is 14.3 Å². The summed E-state index contributed by atoms with van der Waals surface area (Å²) in [4.78, 5) is 22.7.